The van der Waals surface area contributed by atoms with Crippen molar-refractivity contribution in [2.45, 2.75) is 5.92 Å². The number of benzene rings is 2. The lowest BCUT2D eigenvalue weighted by molar-refractivity contribution is 0.102. The quantitative estimate of drug-likeness (QED) is 0.491. The first-order valence-electron chi connectivity index (χ1n) is 9.95. The number of pyridine rings is 2. The first-order valence-corrected chi connectivity index (χ1v) is 9.95. The van der Waals surface area contributed by atoms with Crippen LogP contribution in [0.3, 0.4) is 0 Å². The normalized spacial score (nSPS) is 14.1. The summed E-state index contributed by atoms with van der Waals surface area (Å²) in [6.45, 7) is 1.56. The van der Waals surface area contributed by atoms with Crippen LogP contribution in [0.15, 0.2) is 79.1 Å². The molecular formula is C24H21N5O. The van der Waals surface area contributed by atoms with Gasteiger partial charge < -0.3 is 5.32 Å². The molecule has 148 valence electrons. The van der Waals surface area contributed by atoms with Crippen LogP contribution in [-0.2, 0) is 0 Å². The van der Waals surface area contributed by atoms with Gasteiger partial charge in [0.15, 0.2) is 0 Å². The summed E-state index contributed by atoms with van der Waals surface area (Å²) in [5.74, 6) is 0.0499. The van der Waals surface area contributed by atoms with Gasteiger partial charge in [0.05, 0.1) is 23.0 Å². The topological polar surface area (TPSA) is 78.9 Å². The molecule has 1 aliphatic heterocycles. The number of carbonyl (C=O) groups excluding carboxylic acids is 1. The molecule has 3 N–H and O–H groups in total. The van der Waals surface area contributed by atoms with Crippen LogP contribution >= 0.6 is 0 Å². The lowest BCUT2D eigenvalue weighted by atomic mass is 9.97. The molecule has 1 fully saturated rings. The van der Waals surface area contributed by atoms with Gasteiger partial charge in [-0.1, -0.05) is 36.4 Å². The van der Waals surface area contributed by atoms with Gasteiger partial charge in [0.2, 0.25) is 0 Å². The van der Waals surface area contributed by atoms with E-state index in [9.17, 15) is 4.79 Å². The molecule has 0 radical (unpaired) electrons. The molecule has 1 aliphatic rings. The summed E-state index contributed by atoms with van der Waals surface area (Å²) in [4.78, 5) is 22.2. The van der Waals surface area contributed by atoms with Gasteiger partial charge >= 0.3 is 0 Å². The van der Waals surface area contributed by atoms with Crippen LogP contribution in [0.5, 0.6) is 0 Å². The highest BCUT2D eigenvalue weighted by molar-refractivity contribution is 6.13. The van der Waals surface area contributed by atoms with Crippen LogP contribution < -0.4 is 16.2 Å². The van der Waals surface area contributed by atoms with E-state index in [2.05, 4.69) is 39.4 Å². The van der Waals surface area contributed by atoms with E-state index >= 15 is 0 Å². The summed E-state index contributed by atoms with van der Waals surface area (Å²) in [5, 5.41) is 3.80. The number of hydrazine groups is 1. The molecule has 0 unspecified atom stereocenters. The smallest absolute Gasteiger partial charge is 0.256 e. The van der Waals surface area contributed by atoms with Gasteiger partial charge in [-0.3, -0.25) is 25.6 Å². The Morgan fingerprint density at radius 3 is 2.53 bits per heavy atom. The van der Waals surface area contributed by atoms with Gasteiger partial charge in [-0.15, -0.1) is 0 Å². The molecule has 0 saturated carbocycles. The molecule has 0 spiro atoms. The molecular weight excluding hydrogens is 374 g/mol. The molecule has 0 atom stereocenters. The molecule has 0 bridgehead atoms. The third-order valence-corrected chi connectivity index (χ3v) is 5.34. The van der Waals surface area contributed by atoms with Crippen LogP contribution in [0, 0.1) is 0 Å². The lowest BCUT2D eigenvalue weighted by Crippen LogP contribution is -2.21. The summed E-state index contributed by atoms with van der Waals surface area (Å²) in [5.41, 5.74) is 11.4. The van der Waals surface area contributed by atoms with Crippen LogP contribution in [0.1, 0.15) is 22.0 Å². The van der Waals surface area contributed by atoms with Crippen LogP contribution in [0.25, 0.3) is 22.0 Å². The average molecular weight is 395 g/mol. The number of nitrogens with zero attached hydrogens (tertiary/aromatic N) is 2. The van der Waals surface area contributed by atoms with E-state index in [1.807, 2.05) is 42.5 Å². The number of rotatable bonds is 4. The standard InChI is InChI=1S/C24H21N5O/c30-24(28-19-7-4-10-25-15-19)21-12-23(18-13-26-27-14-18)29-22-9-8-17(11-20(21)22)16-5-2-1-3-6-16/h1-12,15,18,26-27H,13-14H2,(H,28,30). The summed E-state index contributed by atoms with van der Waals surface area (Å²) in [7, 11) is 0. The van der Waals surface area contributed by atoms with Gasteiger partial charge in [-0.2, -0.15) is 0 Å². The summed E-state index contributed by atoms with van der Waals surface area (Å²) in [6, 6.07) is 21.8. The summed E-state index contributed by atoms with van der Waals surface area (Å²) < 4.78 is 0. The number of hydrogen-bond acceptors (Lipinski definition) is 5. The Morgan fingerprint density at radius 2 is 1.77 bits per heavy atom. The molecule has 4 aromatic rings. The fourth-order valence-electron chi connectivity index (χ4n) is 3.76. The Labute approximate surface area is 174 Å². The number of carbonyl (C=O) groups is 1. The van der Waals surface area contributed by atoms with E-state index < -0.39 is 0 Å². The molecule has 1 saturated heterocycles. The van der Waals surface area contributed by atoms with E-state index in [-0.39, 0.29) is 11.8 Å². The van der Waals surface area contributed by atoms with E-state index in [1.54, 1.807) is 18.5 Å². The van der Waals surface area contributed by atoms with Crippen molar-refractivity contribution in [3.8, 4) is 11.1 Å². The van der Waals surface area contributed by atoms with Gasteiger partial charge in [-0.25, -0.2) is 0 Å². The Hall–Kier alpha value is -3.61. The molecule has 30 heavy (non-hydrogen) atoms. The minimum absolute atomic E-state index is 0.166. The number of fused-ring (bicyclic) bond motifs is 1. The third kappa shape index (κ3) is 3.66. The molecule has 2 aromatic heterocycles. The monoisotopic (exact) mass is 395 g/mol. The van der Waals surface area contributed by atoms with Crippen molar-refractivity contribution in [2.75, 3.05) is 18.4 Å². The fraction of sp³-hybridized carbons (Fsp3) is 0.125. The number of amides is 1. The van der Waals surface area contributed by atoms with Crippen molar-refractivity contribution in [1.29, 1.82) is 0 Å². The van der Waals surface area contributed by atoms with Crippen molar-refractivity contribution >= 4 is 22.5 Å². The van der Waals surface area contributed by atoms with E-state index in [1.165, 1.54) is 0 Å². The first-order chi connectivity index (χ1) is 14.8. The van der Waals surface area contributed by atoms with Gasteiger partial charge in [0.25, 0.3) is 5.91 Å². The Morgan fingerprint density at radius 1 is 0.933 bits per heavy atom. The van der Waals surface area contributed by atoms with Crippen molar-refractivity contribution < 1.29 is 4.79 Å². The summed E-state index contributed by atoms with van der Waals surface area (Å²) >= 11 is 0. The lowest BCUT2D eigenvalue weighted by Gasteiger charge is -2.14. The van der Waals surface area contributed by atoms with E-state index in [0.717, 1.165) is 40.8 Å². The van der Waals surface area contributed by atoms with Gasteiger partial charge in [-0.05, 0) is 41.5 Å². The molecule has 2 aromatic carbocycles. The van der Waals surface area contributed by atoms with Crippen molar-refractivity contribution in [3.63, 3.8) is 0 Å². The largest absolute Gasteiger partial charge is 0.321 e. The van der Waals surface area contributed by atoms with Gasteiger partial charge in [0.1, 0.15) is 0 Å². The zero-order valence-electron chi connectivity index (χ0n) is 16.3. The molecule has 6 heteroatoms. The highest BCUT2D eigenvalue weighted by Crippen LogP contribution is 2.29. The maximum absolute atomic E-state index is 13.2. The SMILES string of the molecule is O=C(Nc1cccnc1)c1cc(C2CNNC2)nc2ccc(-c3ccccc3)cc12. The van der Waals surface area contributed by atoms with Crippen molar-refractivity contribution in [3.05, 3.63) is 90.4 Å². The highest BCUT2D eigenvalue weighted by Gasteiger charge is 2.22. The van der Waals surface area contributed by atoms with E-state index in [4.69, 9.17) is 4.98 Å². The Bertz CT molecular complexity index is 1190. The molecule has 6 nitrogen and oxygen atoms in total. The van der Waals surface area contributed by atoms with Crippen LogP contribution in [0.4, 0.5) is 5.69 Å². The molecule has 3 heterocycles. The van der Waals surface area contributed by atoms with Crippen LogP contribution in [-0.4, -0.2) is 29.0 Å². The third-order valence-electron chi connectivity index (χ3n) is 5.34. The highest BCUT2D eigenvalue weighted by atomic mass is 16.1. The van der Waals surface area contributed by atoms with Crippen molar-refractivity contribution in [1.82, 2.24) is 20.8 Å². The van der Waals surface area contributed by atoms with Crippen molar-refractivity contribution in [2.24, 2.45) is 0 Å². The average Bonchev–Trinajstić information content (AvgIpc) is 3.34. The Kier molecular flexibility index (Phi) is 4.93. The number of aromatic nitrogens is 2. The Balaban J connectivity index is 1.62. The minimum Gasteiger partial charge on any atom is -0.321 e. The minimum atomic E-state index is -0.166. The zero-order chi connectivity index (χ0) is 20.3. The zero-order valence-corrected chi connectivity index (χ0v) is 16.3. The molecule has 5 rings (SSSR count). The van der Waals surface area contributed by atoms with Gasteiger partial charge in [0, 0.05) is 36.3 Å². The fourth-order valence-corrected chi connectivity index (χ4v) is 3.76. The van der Waals surface area contributed by atoms with E-state index in [0.29, 0.717) is 11.3 Å². The number of anilines is 1. The molecule has 0 aliphatic carbocycles. The second kappa shape index (κ2) is 8.02. The first kappa shape index (κ1) is 18.4. The predicted octanol–water partition coefficient (Wildman–Crippen LogP) is 3.74. The second-order valence-corrected chi connectivity index (χ2v) is 7.35. The number of hydrogen-bond donors (Lipinski definition) is 3. The van der Waals surface area contributed by atoms with Crippen LogP contribution in [0.2, 0.25) is 0 Å². The maximum atomic E-state index is 13.2. The molecule has 1 amide bonds. The second-order valence-electron chi connectivity index (χ2n) is 7.35. The maximum Gasteiger partial charge on any atom is 0.256 e. The predicted molar refractivity (Wildman–Crippen MR) is 118 cm³/mol. The summed E-state index contributed by atoms with van der Waals surface area (Å²) in [6.07, 6.45) is 3.32. The number of nitrogens with one attached hydrogen (secondary N) is 3.